The van der Waals surface area contributed by atoms with Crippen LogP contribution < -0.4 is 0 Å². The lowest BCUT2D eigenvalue weighted by atomic mass is 9.76. The van der Waals surface area contributed by atoms with Crippen molar-refractivity contribution >= 4 is 11.9 Å². The van der Waals surface area contributed by atoms with E-state index in [1.807, 2.05) is 27.7 Å². The molecule has 0 aromatic heterocycles. The molecule has 0 aliphatic carbocycles. The van der Waals surface area contributed by atoms with Gasteiger partial charge >= 0.3 is 5.97 Å². The van der Waals surface area contributed by atoms with Gasteiger partial charge in [-0.1, -0.05) is 27.7 Å². The summed E-state index contributed by atoms with van der Waals surface area (Å²) in [6, 6.07) is 0. The summed E-state index contributed by atoms with van der Waals surface area (Å²) >= 11 is 0. The number of carboxylic acid groups (broad SMARTS) is 1. The second-order valence-corrected chi connectivity index (χ2v) is 5.98. The smallest absolute Gasteiger partial charge is 0.309 e. The number of likely N-dealkylation sites (tertiary alicyclic amines) is 1. The monoisotopic (exact) mass is 241 g/mol. The van der Waals surface area contributed by atoms with E-state index in [0.29, 0.717) is 32.4 Å². The summed E-state index contributed by atoms with van der Waals surface area (Å²) in [5.41, 5.74) is -0.996. The average molecular weight is 241 g/mol. The minimum atomic E-state index is -0.720. The molecule has 17 heavy (non-hydrogen) atoms. The van der Waals surface area contributed by atoms with Crippen molar-refractivity contribution in [3.8, 4) is 0 Å². The zero-order valence-corrected chi connectivity index (χ0v) is 11.2. The zero-order valence-electron chi connectivity index (χ0n) is 11.2. The molecule has 4 nitrogen and oxygen atoms in total. The van der Waals surface area contributed by atoms with Crippen LogP contribution in [0.2, 0.25) is 0 Å². The molecule has 0 aromatic rings. The predicted octanol–water partition coefficient (Wildman–Crippen LogP) is 2.14. The minimum absolute atomic E-state index is 0.118. The molecule has 98 valence electrons. The Morgan fingerprint density at radius 2 is 1.71 bits per heavy atom. The third-order valence-electron chi connectivity index (χ3n) is 3.78. The van der Waals surface area contributed by atoms with Crippen LogP contribution in [0.1, 0.15) is 47.0 Å². The van der Waals surface area contributed by atoms with Crippen molar-refractivity contribution in [1.29, 1.82) is 0 Å². The van der Waals surface area contributed by atoms with Crippen molar-refractivity contribution < 1.29 is 14.7 Å². The first-order valence-corrected chi connectivity index (χ1v) is 6.26. The van der Waals surface area contributed by atoms with Gasteiger partial charge in [0.05, 0.1) is 5.41 Å². The summed E-state index contributed by atoms with van der Waals surface area (Å²) in [4.78, 5) is 25.1. The third-order valence-corrected chi connectivity index (χ3v) is 3.78. The molecule has 0 saturated carbocycles. The van der Waals surface area contributed by atoms with Gasteiger partial charge in [-0.15, -0.1) is 0 Å². The summed E-state index contributed by atoms with van der Waals surface area (Å²) < 4.78 is 0. The topological polar surface area (TPSA) is 57.6 Å². The first-order valence-electron chi connectivity index (χ1n) is 6.26. The molecule has 1 N–H and O–H groups in total. The third kappa shape index (κ3) is 2.79. The minimum Gasteiger partial charge on any atom is -0.481 e. The number of piperidine rings is 1. The van der Waals surface area contributed by atoms with Crippen LogP contribution in [-0.2, 0) is 9.59 Å². The number of carbonyl (C=O) groups excluding carboxylic acids is 1. The molecule has 1 heterocycles. The fraction of sp³-hybridized carbons (Fsp3) is 0.846. The second kappa shape index (κ2) is 4.67. The molecule has 0 radical (unpaired) electrons. The SMILES string of the molecule is CCC1(C(=O)O)CCN(C(=O)C(C)(C)C)CC1. The lowest BCUT2D eigenvalue weighted by Gasteiger charge is -2.40. The number of carboxylic acids is 1. The predicted molar refractivity (Wildman–Crippen MR) is 65.6 cm³/mol. The number of amides is 1. The van der Waals surface area contributed by atoms with Crippen LogP contribution in [0.3, 0.4) is 0 Å². The van der Waals surface area contributed by atoms with Crippen LogP contribution in [0.15, 0.2) is 0 Å². The molecule has 4 heteroatoms. The second-order valence-electron chi connectivity index (χ2n) is 5.98. The Kier molecular flexibility index (Phi) is 3.84. The van der Waals surface area contributed by atoms with E-state index in [4.69, 9.17) is 0 Å². The number of hydrogen-bond acceptors (Lipinski definition) is 2. The summed E-state index contributed by atoms with van der Waals surface area (Å²) in [6.07, 6.45) is 1.78. The van der Waals surface area contributed by atoms with Gasteiger partial charge in [0, 0.05) is 18.5 Å². The maximum Gasteiger partial charge on any atom is 0.309 e. The van der Waals surface area contributed by atoms with E-state index in [1.165, 1.54) is 0 Å². The average Bonchev–Trinajstić information content (AvgIpc) is 2.26. The number of hydrogen-bond donors (Lipinski definition) is 1. The van der Waals surface area contributed by atoms with Crippen molar-refractivity contribution in [2.45, 2.75) is 47.0 Å². The van der Waals surface area contributed by atoms with Gasteiger partial charge in [0.25, 0.3) is 0 Å². The molecular weight excluding hydrogens is 218 g/mol. The lowest BCUT2D eigenvalue weighted by molar-refractivity contribution is -0.156. The van der Waals surface area contributed by atoms with Crippen molar-refractivity contribution in [1.82, 2.24) is 4.90 Å². The zero-order chi connectivity index (χ0) is 13.3. The van der Waals surface area contributed by atoms with Gasteiger partial charge in [0.15, 0.2) is 0 Å². The highest BCUT2D eigenvalue weighted by Gasteiger charge is 2.42. The van der Waals surface area contributed by atoms with E-state index in [2.05, 4.69) is 0 Å². The number of carbonyl (C=O) groups is 2. The van der Waals surface area contributed by atoms with E-state index in [9.17, 15) is 14.7 Å². The van der Waals surface area contributed by atoms with Crippen molar-refractivity contribution in [3.05, 3.63) is 0 Å². The summed E-state index contributed by atoms with van der Waals surface area (Å²) in [7, 11) is 0. The number of aliphatic carboxylic acids is 1. The molecule has 1 amide bonds. The van der Waals surface area contributed by atoms with Gasteiger partial charge in [-0.2, -0.15) is 0 Å². The first kappa shape index (κ1) is 14.0. The molecule has 0 bridgehead atoms. The molecule has 1 fully saturated rings. The van der Waals surface area contributed by atoms with Gasteiger partial charge in [-0.3, -0.25) is 9.59 Å². The van der Waals surface area contributed by atoms with Gasteiger partial charge in [-0.25, -0.2) is 0 Å². The Balaban J connectivity index is 2.68. The summed E-state index contributed by atoms with van der Waals surface area (Å²) in [5.74, 6) is -0.601. The lowest BCUT2D eigenvalue weighted by Crippen LogP contribution is -2.49. The van der Waals surface area contributed by atoms with Crippen LogP contribution in [0.4, 0.5) is 0 Å². The van der Waals surface area contributed by atoms with E-state index < -0.39 is 11.4 Å². The normalized spacial score (nSPS) is 20.1. The van der Waals surface area contributed by atoms with Crippen LogP contribution in [0, 0.1) is 10.8 Å². The van der Waals surface area contributed by atoms with Crippen LogP contribution in [0.5, 0.6) is 0 Å². The van der Waals surface area contributed by atoms with Gasteiger partial charge in [0.2, 0.25) is 5.91 Å². The quantitative estimate of drug-likeness (QED) is 0.805. The molecule has 0 unspecified atom stereocenters. The Morgan fingerprint density at radius 3 is 2.00 bits per heavy atom. The van der Waals surface area contributed by atoms with E-state index >= 15 is 0 Å². The van der Waals surface area contributed by atoms with Gasteiger partial charge in [-0.05, 0) is 19.3 Å². The van der Waals surface area contributed by atoms with Crippen molar-refractivity contribution in [2.24, 2.45) is 10.8 Å². The van der Waals surface area contributed by atoms with E-state index in [0.717, 1.165) is 0 Å². The van der Waals surface area contributed by atoms with Crippen LogP contribution in [0.25, 0.3) is 0 Å². The van der Waals surface area contributed by atoms with E-state index in [-0.39, 0.29) is 11.3 Å². The van der Waals surface area contributed by atoms with E-state index in [1.54, 1.807) is 4.90 Å². The van der Waals surface area contributed by atoms with Crippen molar-refractivity contribution in [2.75, 3.05) is 13.1 Å². The van der Waals surface area contributed by atoms with Gasteiger partial charge < -0.3 is 10.0 Å². The standard InChI is InChI=1S/C13H23NO3/c1-5-13(11(16)17)6-8-14(9-7-13)10(15)12(2,3)4/h5-9H2,1-4H3,(H,16,17). The Hall–Kier alpha value is -1.06. The molecule has 1 rings (SSSR count). The Morgan fingerprint density at radius 1 is 1.24 bits per heavy atom. The van der Waals surface area contributed by atoms with Crippen LogP contribution in [-0.4, -0.2) is 35.0 Å². The first-order chi connectivity index (χ1) is 7.73. The van der Waals surface area contributed by atoms with Crippen LogP contribution >= 0.6 is 0 Å². The highest BCUT2D eigenvalue weighted by Crippen LogP contribution is 2.36. The maximum atomic E-state index is 12.1. The largest absolute Gasteiger partial charge is 0.481 e. The molecule has 0 spiro atoms. The molecular formula is C13H23NO3. The summed E-state index contributed by atoms with van der Waals surface area (Å²) in [5, 5.41) is 9.27. The number of rotatable bonds is 2. The molecule has 1 aliphatic heterocycles. The van der Waals surface area contributed by atoms with Crippen molar-refractivity contribution in [3.63, 3.8) is 0 Å². The summed E-state index contributed by atoms with van der Waals surface area (Å²) in [6.45, 7) is 8.73. The molecule has 0 aromatic carbocycles. The highest BCUT2D eigenvalue weighted by molar-refractivity contribution is 5.82. The molecule has 0 atom stereocenters. The fourth-order valence-corrected chi connectivity index (χ4v) is 2.33. The Bertz CT molecular complexity index is 309. The number of nitrogens with zero attached hydrogens (tertiary/aromatic N) is 1. The van der Waals surface area contributed by atoms with Gasteiger partial charge in [0.1, 0.15) is 0 Å². The Labute approximate surface area is 103 Å². The highest BCUT2D eigenvalue weighted by atomic mass is 16.4. The molecule has 1 saturated heterocycles. The molecule has 1 aliphatic rings. The maximum absolute atomic E-state index is 12.1. The fourth-order valence-electron chi connectivity index (χ4n) is 2.33.